The standard InChI is InChI=1S/C13H16ClN4O2/c1-17-10-6-8(14)7-16-11(10)18(13(20)12(17)19)9-2-4-15-5-3-9/h6-7,9-10,15H,2-5H2,1H3/q+1. The second-order valence-corrected chi connectivity index (χ2v) is 5.62. The fourth-order valence-corrected chi connectivity index (χ4v) is 3.03. The summed E-state index contributed by atoms with van der Waals surface area (Å²) >= 11 is 5.97. The zero-order valence-electron chi connectivity index (χ0n) is 11.2. The number of allylic oxidation sites excluding steroid dienone is 1. The van der Waals surface area contributed by atoms with Crippen LogP contribution in [0.3, 0.4) is 0 Å². The molecule has 3 rings (SSSR count). The van der Waals surface area contributed by atoms with Crippen LogP contribution in [0.15, 0.2) is 16.1 Å². The van der Waals surface area contributed by atoms with Crippen LogP contribution in [-0.4, -0.2) is 65.6 Å². The van der Waals surface area contributed by atoms with Crippen molar-refractivity contribution in [3.05, 3.63) is 11.1 Å². The van der Waals surface area contributed by atoms with Gasteiger partial charge in [0, 0.05) is 19.9 Å². The third-order valence-electron chi connectivity index (χ3n) is 3.96. The topological polar surface area (TPSA) is 64.8 Å². The largest absolute Gasteiger partial charge is 0.399 e. The summed E-state index contributed by atoms with van der Waals surface area (Å²) < 4.78 is 1.57. The Kier molecular flexibility index (Phi) is 3.43. The van der Waals surface area contributed by atoms with Gasteiger partial charge >= 0.3 is 17.6 Å². The molecule has 1 saturated heterocycles. The van der Waals surface area contributed by atoms with Gasteiger partial charge in [-0.3, -0.25) is 4.79 Å². The van der Waals surface area contributed by atoms with Crippen LogP contribution in [0.5, 0.6) is 0 Å². The molecule has 6 nitrogen and oxygen atoms in total. The Morgan fingerprint density at radius 1 is 1.40 bits per heavy atom. The maximum absolute atomic E-state index is 12.3. The summed E-state index contributed by atoms with van der Waals surface area (Å²) in [5, 5.41) is 3.74. The lowest BCUT2D eigenvalue weighted by Gasteiger charge is -2.32. The van der Waals surface area contributed by atoms with Crippen molar-refractivity contribution >= 4 is 35.5 Å². The molecule has 0 aromatic rings. The molecule has 0 radical (unpaired) electrons. The van der Waals surface area contributed by atoms with E-state index in [1.165, 1.54) is 11.1 Å². The molecule has 0 bridgehead atoms. The van der Waals surface area contributed by atoms with E-state index in [4.69, 9.17) is 11.6 Å². The molecule has 0 saturated carbocycles. The van der Waals surface area contributed by atoms with Gasteiger partial charge < -0.3 is 10.2 Å². The van der Waals surface area contributed by atoms with Crippen molar-refractivity contribution in [2.45, 2.75) is 24.9 Å². The Labute approximate surface area is 121 Å². The Hall–Kier alpha value is -1.53. The normalized spacial score (nSPS) is 27.8. The highest BCUT2D eigenvalue weighted by atomic mass is 35.5. The number of aliphatic imine (C=N–C) groups is 1. The monoisotopic (exact) mass is 295 g/mol. The number of likely N-dealkylation sites (N-methyl/N-ethyl adjacent to an activating group) is 1. The summed E-state index contributed by atoms with van der Waals surface area (Å²) in [5.41, 5.74) is 0. The maximum Gasteiger partial charge on any atom is 0.399 e. The molecule has 1 unspecified atom stereocenters. The lowest BCUT2D eigenvalue weighted by molar-refractivity contribution is -0.492. The highest BCUT2D eigenvalue weighted by Gasteiger charge is 2.47. The van der Waals surface area contributed by atoms with Gasteiger partial charge in [0.1, 0.15) is 6.04 Å². The molecule has 2 amide bonds. The van der Waals surface area contributed by atoms with Crippen molar-refractivity contribution in [2.75, 3.05) is 20.1 Å². The first-order chi connectivity index (χ1) is 9.59. The van der Waals surface area contributed by atoms with E-state index in [2.05, 4.69) is 10.3 Å². The van der Waals surface area contributed by atoms with Crippen LogP contribution in [0.25, 0.3) is 0 Å². The molecule has 3 heterocycles. The number of rotatable bonds is 1. The zero-order chi connectivity index (χ0) is 14.3. The Bertz CT molecular complexity index is 561. The quantitative estimate of drug-likeness (QED) is 0.535. The maximum atomic E-state index is 12.3. The fourth-order valence-electron chi connectivity index (χ4n) is 2.86. The molecule has 1 atom stereocenters. The number of carbonyl (C=O) groups excluding carboxylic acids is 2. The van der Waals surface area contributed by atoms with Crippen LogP contribution in [0.4, 0.5) is 0 Å². The summed E-state index contributed by atoms with van der Waals surface area (Å²) in [6, 6.07) is -0.325. The predicted octanol–water partition coefficient (Wildman–Crippen LogP) is -0.276. The van der Waals surface area contributed by atoms with E-state index < -0.39 is 11.8 Å². The average Bonchev–Trinajstić information content (AvgIpc) is 2.47. The number of nitrogens with zero attached hydrogens (tertiary/aromatic N) is 3. The molecule has 106 valence electrons. The summed E-state index contributed by atoms with van der Waals surface area (Å²) in [4.78, 5) is 30.2. The third-order valence-corrected chi connectivity index (χ3v) is 4.19. The minimum Gasteiger partial charge on any atom is -0.317 e. The van der Waals surface area contributed by atoms with Gasteiger partial charge in [0.2, 0.25) is 0 Å². The van der Waals surface area contributed by atoms with Gasteiger partial charge in [-0.1, -0.05) is 11.6 Å². The number of fused-ring (bicyclic) bond motifs is 1. The molecule has 0 spiro atoms. The van der Waals surface area contributed by atoms with Crippen molar-refractivity contribution in [1.29, 1.82) is 0 Å². The summed E-state index contributed by atoms with van der Waals surface area (Å²) in [6.45, 7) is 1.69. The third kappa shape index (κ3) is 2.09. The Morgan fingerprint density at radius 2 is 2.10 bits per heavy atom. The van der Waals surface area contributed by atoms with Crippen LogP contribution in [0.1, 0.15) is 12.8 Å². The molecule has 3 aliphatic rings. The van der Waals surface area contributed by atoms with E-state index in [0.717, 1.165) is 25.9 Å². The van der Waals surface area contributed by atoms with Gasteiger partial charge in [-0.2, -0.15) is 4.58 Å². The van der Waals surface area contributed by atoms with Gasteiger partial charge in [0.25, 0.3) is 0 Å². The Morgan fingerprint density at radius 3 is 2.80 bits per heavy atom. The number of dihydropyridines is 1. The predicted molar refractivity (Wildman–Crippen MR) is 75.2 cm³/mol. The minimum absolute atomic E-state index is 0.0290. The fraction of sp³-hybridized carbons (Fsp3) is 0.538. The summed E-state index contributed by atoms with van der Waals surface area (Å²) in [7, 11) is 1.60. The molecule has 7 heteroatoms. The molecule has 20 heavy (non-hydrogen) atoms. The number of hydrogen-bond acceptors (Lipinski definition) is 4. The van der Waals surface area contributed by atoms with E-state index in [1.54, 1.807) is 17.7 Å². The molecular weight excluding hydrogens is 280 g/mol. The molecule has 0 aromatic heterocycles. The van der Waals surface area contributed by atoms with Gasteiger partial charge in [0.05, 0.1) is 5.03 Å². The van der Waals surface area contributed by atoms with Crippen LogP contribution in [-0.2, 0) is 9.59 Å². The second kappa shape index (κ2) is 5.10. The second-order valence-electron chi connectivity index (χ2n) is 5.19. The molecular formula is C13H16ClN4O2+. The van der Waals surface area contributed by atoms with E-state index >= 15 is 0 Å². The highest BCUT2D eigenvalue weighted by molar-refractivity contribution is 6.41. The van der Waals surface area contributed by atoms with Crippen molar-refractivity contribution in [3.8, 4) is 0 Å². The smallest absolute Gasteiger partial charge is 0.317 e. The van der Waals surface area contributed by atoms with Crippen molar-refractivity contribution in [3.63, 3.8) is 0 Å². The number of hydrogen-bond donors (Lipinski definition) is 1. The first-order valence-corrected chi connectivity index (χ1v) is 7.06. The van der Waals surface area contributed by atoms with Crippen LogP contribution in [0.2, 0.25) is 0 Å². The SMILES string of the molecule is CN1C(=O)C(=O)[N+](C2CCNCC2)=C2N=CC(Cl)=CC21. The number of nitrogens with one attached hydrogen (secondary N) is 1. The first kappa shape index (κ1) is 13.5. The van der Waals surface area contributed by atoms with E-state index in [-0.39, 0.29) is 12.1 Å². The zero-order valence-corrected chi connectivity index (χ0v) is 11.9. The highest BCUT2D eigenvalue weighted by Crippen LogP contribution is 2.21. The lowest BCUT2D eigenvalue weighted by Crippen LogP contribution is -2.59. The summed E-state index contributed by atoms with van der Waals surface area (Å²) in [6.07, 6.45) is 4.93. The molecule has 0 aliphatic carbocycles. The van der Waals surface area contributed by atoms with Crippen LogP contribution < -0.4 is 5.32 Å². The first-order valence-electron chi connectivity index (χ1n) is 6.69. The molecule has 3 aliphatic heterocycles. The van der Waals surface area contributed by atoms with Crippen molar-refractivity contribution in [1.82, 2.24) is 10.2 Å². The summed E-state index contributed by atoms with van der Waals surface area (Å²) in [5.74, 6) is -0.391. The molecule has 0 aromatic carbocycles. The van der Waals surface area contributed by atoms with E-state index in [0.29, 0.717) is 10.9 Å². The van der Waals surface area contributed by atoms with Gasteiger partial charge in [-0.05, 0) is 24.2 Å². The molecule has 1 fully saturated rings. The average molecular weight is 296 g/mol. The lowest BCUT2D eigenvalue weighted by atomic mass is 10.0. The van der Waals surface area contributed by atoms with E-state index in [9.17, 15) is 9.59 Å². The van der Waals surface area contributed by atoms with Crippen molar-refractivity contribution < 1.29 is 14.2 Å². The van der Waals surface area contributed by atoms with Gasteiger partial charge in [0.15, 0.2) is 12.3 Å². The van der Waals surface area contributed by atoms with Gasteiger partial charge in [-0.25, -0.2) is 4.79 Å². The number of piperidine rings is 1. The van der Waals surface area contributed by atoms with Crippen LogP contribution >= 0.6 is 11.6 Å². The number of amidine groups is 1. The van der Waals surface area contributed by atoms with Crippen molar-refractivity contribution in [2.24, 2.45) is 4.99 Å². The van der Waals surface area contributed by atoms with E-state index in [1.807, 2.05) is 0 Å². The van der Waals surface area contributed by atoms with Crippen LogP contribution in [0, 0.1) is 0 Å². The molecule has 1 N–H and O–H groups in total. The number of amides is 2. The van der Waals surface area contributed by atoms with Gasteiger partial charge in [-0.15, -0.1) is 0 Å². The minimum atomic E-state index is -0.505. The number of halogens is 1. The Balaban J connectivity index is 2.07. The number of carbonyl (C=O) groups is 2.